The van der Waals surface area contributed by atoms with E-state index in [0.29, 0.717) is 14.5 Å². The molecule has 0 spiro atoms. The Bertz CT molecular complexity index is 301. The number of rotatable bonds is 2. The van der Waals surface area contributed by atoms with Crippen LogP contribution in [-0.2, 0) is 0 Å². The fraction of sp³-hybridized carbons (Fsp3) is 0.250. The summed E-state index contributed by atoms with van der Waals surface area (Å²) >= 11 is 6.27. The molecule has 1 aromatic rings. The van der Waals surface area contributed by atoms with Gasteiger partial charge in [0.1, 0.15) is 12.4 Å². The Kier molecular flexibility index (Phi) is 5.97. The lowest BCUT2D eigenvalue weighted by Crippen LogP contribution is -2.12. The van der Waals surface area contributed by atoms with Gasteiger partial charge in [0.25, 0.3) is 0 Å². The van der Waals surface area contributed by atoms with Gasteiger partial charge in [-0.2, -0.15) is 0 Å². The SMILES string of the molecule is Cl.N[C@H](CF)c1cc(Br)c(O)c(Br)c1. The van der Waals surface area contributed by atoms with Crippen molar-refractivity contribution >= 4 is 44.3 Å². The van der Waals surface area contributed by atoms with Gasteiger partial charge in [-0.15, -0.1) is 12.4 Å². The van der Waals surface area contributed by atoms with Crippen molar-refractivity contribution in [2.24, 2.45) is 5.73 Å². The van der Waals surface area contributed by atoms with Crippen LogP contribution in [0.25, 0.3) is 0 Å². The molecule has 0 radical (unpaired) electrons. The van der Waals surface area contributed by atoms with Crippen molar-refractivity contribution in [3.63, 3.8) is 0 Å². The standard InChI is InChI=1S/C8H8Br2FNO.ClH/c9-5-1-4(7(12)3-11)2-6(10)8(5)13;/h1-2,7,13H,3,12H2;1H/t7-;/m1./s1. The monoisotopic (exact) mass is 347 g/mol. The van der Waals surface area contributed by atoms with Gasteiger partial charge in [-0.05, 0) is 49.6 Å². The summed E-state index contributed by atoms with van der Waals surface area (Å²) in [6.45, 7) is -0.621. The summed E-state index contributed by atoms with van der Waals surface area (Å²) in [5.41, 5.74) is 6.12. The Labute approximate surface area is 104 Å². The smallest absolute Gasteiger partial charge is 0.143 e. The van der Waals surface area contributed by atoms with Gasteiger partial charge in [-0.3, -0.25) is 0 Å². The molecular formula is C8H9Br2ClFNO. The second-order valence-corrected chi connectivity index (χ2v) is 4.30. The summed E-state index contributed by atoms with van der Waals surface area (Å²) in [4.78, 5) is 0. The highest BCUT2D eigenvalue weighted by Gasteiger charge is 2.10. The van der Waals surface area contributed by atoms with Crippen LogP contribution in [0.1, 0.15) is 11.6 Å². The Balaban J connectivity index is 0.00000169. The third-order valence-corrected chi connectivity index (χ3v) is 2.84. The van der Waals surface area contributed by atoms with E-state index >= 15 is 0 Å². The zero-order chi connectivity index (χ0) is 10.0. The van der Waals surface area contributed by atoms with E-state index < -0.39 is 12.7 Å². The van der Waals surface area contributed by atoms with E-state index in [1.807, 2.05) is 0 Å². The Morgan fingerprint density at radius 1 is 1.36 bits per heavy atom. The van der Waals surface area contributed by atoms with E-state index in [1.54, 1.807) is 12.1 Å². The largest absolute Gasteiger partial charge is 0.506 e. The summed E-state index contributed by atoms with van der Waals surface area (Å²) in [5.74, 6) is 0.0924. The van der Waals surface area contributed by atoms with Crippen molar-refractivity contribution in [3.8, 4) is 5.75 Å². The van der Waals surface area contributed by atoms with Crippen LogP contribution in [0.2, 0.25) is 0 Å². The minimum atomic E-state index is -0.645. The molecule has 80 valence electrons. The van der Waals surface area contributed by atoms with Gasteiger partial charge in [0.05, 0.1) is 15.0 Å². The highest BCUT2D eigenvalue weighted by atomic mass is 79.9. The number of hydrogen-bond donors (Lipinski definition) is 2. The summed E-state index contributed by atoms with van der Waals surface area (Å²) in [5, 5.41) is 9.36. The van der Waals surface area contributed by atoms with Gasteiger partial charge in [-0.25, -0.2) is 4.39 Å². The summed E-state index contributed by atoms with van der Waals surface area (Å²) in [6, 6.07) is 2.56. The van der Waals surface area contributed by atoms with Crippen LogP contribution in [-0.4, -0.2) is 11.8 Å². The van der Waals surface area contributed by atoms with E-state index in [4.69, 9.17) is 5.73 Å². The molecular weight excluding hydrogens is 340 g/mol. The first-order valence-corrected chi connectivity index (χ1v) is 5.14. The first-order valence-electron chi connectivity index (χ1n) is 3.55. The maximum atomic E-state index is 12.2. The molecule has 0 aromatic heterocycles. The molecule has 0 aliphatic heterocycles. The van der Waals surface area contributed by atoms with Crippen molar-refractivity contribution in [1.29, 1.82) is 0 Å². The number of nitrogens with two attached hydrogens (primary N) is 1. The molecule has 3 N–H and O–H groups in total. The van der Waals surface area contributed by atoms with E-state index in [2.05, 4.69) is 31.9 Å². The predicted octanol–water partition coefficient (Wildman–Crippen LogP) is 3.31. The maximum absolute atomic E-state index is 12.2. The molecule has 0 aliphatic carbocycles. The number of halogens is 4. The number of alkyl halides is 1. The number of hydrogen-bond acceptors (Lipinski definition) is 2. The summed E-state index contributed by atoms with van der Waals surface area (Å²) in [6.07, 6.45) is 0. The third-order valence-electron chi connectivity index (χ3n) is 1.63. The Morgan fingerprint density at radius 3 is 2.14 bits per heavy atom. The van der Waals surface area contributed by atoms with Gasteiger partial charge < -0.3 is 10.8 Å². The Hall–Kier alpha value is 0.160. The zero-order valence-corrected chi connectivity index (χ0v) is 11.0. The van der Waals surface area contributed by atoms with Crippen molar-refractivity contribution < 1.29 is 9.50 Å². The second-order valence-electron chi connectivity index (χ2n) is 2.59. The van der Waals surface area contributed by atoms with E-state index in [0.717, 1.165) is 0 Å². The second kappa shape index (κ2) is 5.90. The molecule has 0 fully saturated rings. The van der Waals surface area contributed by atoms with Crippen molar-refractivity contribution in [2.75, 3.05) is 6.67 Å². The topological polar surface area (TPSA) is 46.2 Å². The molecule has 2 nitrogen and oxygen atoms in total. The fourth-order valence-electron chi connectivity index (χ4n) is 0.888. The molecule has 0 unspecified atom stereocenters. The maximum Gasteiger partial charge on any atom is 0.143 e. The van der Waals surface area contributed by atoms with Crippen LogP contribution in [0, 0.1) is 0 Å². The van der Waals surface area contributed by atoms with E-state index in [1.165, 1.54) is 0 Å². The minimum Gasteiger partial charge on any atom is -0.506 e. The molecule has 0 saturated carbocycles. The van der Waals surface area contributed by atoms with Crippen molar-refractivity contribution in [3.05, 3.63) is 26.6 Å². The highest BCUT2D eigenvalue weighted by Crippen LogP contribution is 2.34. The fourth-order valence-corrected chi connectivity index (χ4v) is 2.11. The number of phenols is 1. The van der Waals surface area contributed by atoms with Crippen molar-refractivity contribution in [2.45, 2.75) is 6.04 Å². The van der Waals surface area contributed by atoms with Gasteiger partial charge in [0.15, 0.2) is 0 Å². The molecule has 0 heterocycles. The lowest BCUT2D eigenvalue weighted by Gasteiger charge is -2.09. The van der Waals surface area contributed by atoms with Gasteiger partial charge in [-0.1, -0.05) is 0 Å². The van der Waals surface area contributed by atoms with Crippen molar-refractivity contribution in [1.82, 2.24) is 0 Å². The molecule has 14 heavy (non-hydrogen) atoms. The molecule has 0 amide bonds. The normalized spacial score (nSPS) is 12.0. The van der Waals surface area contributed by atoms with Crippen LogP contribution in [0.5, 0.6) is 5.75 Å². The zero-order valence-electron chi connectivity index (χ0n) is 7.01. The molecule has 1 atom stereocenters. The molecule has 0 bridgehead atoms. The van der Waals surface area contributed by atoms with Gasteiger partial charge in [0.2, 0.25) is 0 Å². The lowest BCUT2D eigenvalue weighted by atomic mass is 10.1. The molecule has 1 aromatic carbocycles. The quantitative estimate of drug-likeness (QED) is 0.860. The van der Waals surface area contributed by atoms with E-state index in [-0.39, 0.29) is 18.2 Å². The van der Waals surface area contributed by atoms with Gasteiger partial charge >= 0.3 is 0 Å². The first-order chi connectivity index (χ1) is 6.06. The number of benzene rings is 1. The van der Waals surface area contributed by atoms with E-state index in [9.17, 15) is 9.50 Å². The summed E-state index contributed by atoms with van der Waals surface area (Å²) in [7, 11) is 0. The first kappa shape index (κ1) is 14.2. The Morgan fingerprint density at radius 2 is 1.79 bits per heavy atom. The van der Waals surface area contributed by atoms with Gasteiger partial charge in [0, 0.05) is 0 Å². The average Bonchev–Trinajstić information content (AvgIpc) is 2.12. The predicted molar refractivity (Wildman–Crippen MR) is 63.7 cm³/mol. The molecule has 0 aliphatic rings. The van der Waals surface area contributed by atoms with Crippen LogP contribution >= 0.6 is 44.3 Å². The number of phenolic OH excluding ortho intramolecular Hbond substituents is 1. The lowest BCUT2D eigenvalue weighted by molar-refractivity contribution is 0.435. The minimum absolute atomic E-state index is 0. The highest BCUT2D eigenvalue weighted by molar-refractivity contribution is 9.11. The third kappa shape index (κ3) is 3.08. The summed E-state index contributed by atoms with van der Waals surface area (Å²) < 4.78 is 13.2. The van der Waals surface area contributed by atoms with Crippen LogP contribution in [0.15, 0.2) is 21.1 Å². The van der Waals surface area contributed by atoms with Crippen LogP contribution in [0.3, 0.4) is 0 Å². The average molecular weight is 349 g/mol. The number of aromatic hydroxyl groups is 1. The van der Waals surface area contributed by atoms with Crippen LogP contribution < -0.4 is 5.73 Å². The van der Waals surface area contributed by atoms with Crippen LogP contribution in [0.4, 0.5) is 4.39 Å². The molecule has 1 rings (SSSR count). The molecule has 6 heteroatoms. The molecule has 0 saturated heterocycles.